The minimum atomic E-state index is -0.520. The highest BCUT2D eigenvalue weighted by Gasteiger charge is 2.38. The zero-order valence-electron chi connectivity index (χ0n) is 16.7. The van der Waals surface area contributed by atoms with Gasteiger partial charge in [-0.25, -0.2) is 4.39 Å². The Morgan fingerprint density at radius 3 is 2.20 bits per heavy atom. The average Bonchev–Trinajstić information content (AvgIpc) is 2.79. The predicted molar refractivity (Wildman–Crippen MR) is 109 cm³/mol. The van der Waals surface area contributed by atoms with Gasteiger partial charge in [-0.1, -0.05) is 30.3 Å². The van der Waals surface area contributed by atoms with Crippen molar-refractivity contribution in [1.82, 2.24) is 14.7 Å². The normalized spacial score (nSPS) is 18.1. The third-order valence-corrected chi connectivity index (χ3v) is 5.84. The van der Waals surface area contributed by atoms with Gasteiger partial charge in [0.25, 0.3) is 5.91 Å². The van der Waals surface area contributed by atoms with Gasteiger partial charge in [-0.05, 0) is 42.7 Å². The van der Waals surface area contributed by atoms with E-state index in [4.69, 9.17) is 0 Å². The van der Waals surface area contributed by atoms with E-state index in [0.717, 1.165) is 5.56 Å². The van der Waals surface area contributed by atoms with Crippen LogP contribution in [0.4, 0.5) is 4.39 Å². The summed E-state index contributed by atoms with van der Waals surface area (Å²) in [6, 6.07) is 15.1. The van der Waals surface area contributed by atoms with E-state index in [1.807, 2.05) is 23.1 Å². The number of benzene rings is 2. The van der Waals surface area contributed by atoms with Crippen LogP contribution in [-0.2, 0) is 16.1 Å². The molecular formula is C23H24FN3O3. The lowest BCUT2D eigenvalue weighted by Gasteiger charge is -2.42. The maximum absolute atomic E-state index is 13.1. The number of piperazine rings is 1. The number of rotatable bonds is 4. The zero-order chi connectivity index (χ0) is 21.1. The second-order valence-corrected chi connectivity index (χ2v) is 7.74. The van der Waals surface area contributed by atoms with Gasteiger partial charge in [0, 0.05) is 44.3 Å². The van der Waals surface area contributed by atoms with Crippen LogP contribution in [0.15, 0.2) is 54.6 Å². The van der Waals surface area contributed by atoms with Gasteiger partial charge in [0.1, 0.15) is 5.82 Å². The third kappa shape index (κ3) is 4.20. The molecule has 0 N–H and O–H groups in total. The zero-order valence-corrected chi connectivity index (χ0v) is 16.7. The van der Waals surface area contributed by atoms with Crippen molar-refractivity contribution in [2.24, 2.45) is 0 Å². The van der Waals surface area contributed by atoms with Gasteiger partial charge in [-0.3, -0.25) is 14.4 Å². The Labute approximate surface area is 174 Å². The maximum atomic E-state index is 13.1. The molecule has 0 spiro atoms. The fourth-order valence-corrected chi connectivity index (χ4v) is 4.14. The summed E-state index contributed by atoms with van der Waals surface area (Å²) in [5.41, 5.74) is 1.45. The van der Waals surface area contributed by atoms with Crippen molar-refractivity contribution < 1.29 is 18.8 Å². The molecule has 6 nitrogen and oxygen atoms in total. The molecule has 0 atom stereocenters. The SMILES string of the molecule is O=C1C(=O)N(C2CCN(C(=O)c3ccccc3)CC2)CCN1Cc1ccc(F)cc1. The summed E-state index contributed by atoms with van der Waals surface area (Å²) in [6.45, 7) is 2.35. The van der Waals surface area contributed by atoms with Crippen molar-refractivity contribution in [3.63, 3.8) is 0 Å². The summed E-state index contributed by atoms with van der Waals surface area (Å²) in [4.78, 5) is 42.9. The van der Waals surface area contributed by atoms with Crippen LogP contribution in [0.3, 0.4) is 0 Å². The van der Waals surface area contributed by atoms with Crippen LogP contribution in [0.5, 0.6) is 0 Å². The van der Waals surface area contributed by atoms with E-state index in [2.05, 4.69) is 0 Å². The van der Waals surface area contributed by atoms with Crippen LogP contribution in [0.2, 0.25) is 0 Å². The number of hydrogen-bond donors (Lipinski definition) is 0. The van der Waals surface area contributed by atoms with Crippen molar-refractivity contribution >= 4 is 17.7 Å². The summed E-state index contributed by atoms with van der Waals surface area (Å²) >= 11 is 0. The predicted octanol–water partition coefficient (Wildman–Crippen LogP) is 2.30. The molecule has 2 saturated heterocycles. The highest BCUT2D eigenvalue weighted by molar-refractivity contribution is 6.35. The molecule has 0 aliphatic carbocycles. The molecule has 0 radical (unpaired) electrons. The molecule has 0 unspecified atom stereocenters. The van der Waals surface area contributed by atoms with Crippen molar-refractivity contribution in [3.05, 3.63) is 71.5 Å². The number of likely N-dealkylation sites (tertiary alicyclic amines) is 1. The molecule has 0 bridgehead atoms. The van der Waals surface area contributed by atoms with E-state index >= 15 is 0 Å². The van der Waals surface area contributed by atoms with Crippen LogP contribution in [0.1, 0.15) is 28.8 Å². The quantitative estimate of drug-likeness (QED) is 0.728. The van der Waals surface area contributed by atoms with Gasteiger partial charge >= 0.3 is 11.8 Å². The molecule has 0 aromatic heterocycles. The topological polar surface area (TPSA) is 60.9 Å². The first-order valence-electron chi connectivity index (χ1n) is 10.2. The summed E-state index contributed by atoms with van der Waals surface area (Å²) in [5.74, 6) is -1.34. The summed E-state index contributed by atoms with van der Waals surface area (Å²) in [7, 11) is 0. The lowest BCUT2D eigenvalue weighted by Crippen LogP contribution is -2.59. The number of carbonyl (C=O) groups excluding carboxylic acids is 3. The van der Waals surface area contributed by atoms with Crippen molar-refractivity contribution in [1.29, 1.82) is 0 Å². The molecule has 2 aromatic carbocycles. The molecular weight excluding hydrogens is 385 g/mol. The smallest absolute Gasteiger partial charge is 0.312 e. The van der Waals surface area contributed by atoms with E-state index in [1.54, 1.807) is 29.2 Å². The van der Waals surface area contributed by atoms with Gasteiger partial charge in [0.05, 0.1) is 0 Å². The largest absolute Gasteiger partial charge is 0.338 e. The number of carbonyl (C=O) groups is 3. The third-order valence-electron chi connectivity index (χ3n) is 5.84. The van der Waals surface area contributed by atoms with Crippen LogP contribution < -0.4 is 0 Å². The Morgan fingerprint density at radius 2 is 1.53 bits per heavy atom. The van der Waals surface area contributed by atoms with Gasteiger partial charge in [-0.15, -0.1) is 0 Å². The summed E-state index contributed by atoms with van der Waals surface area (Å²) in [5, 5.41) is 0. The fourth-order valence-electron chi connectivity index (χ4n) is 4.14. The molecule has 2 aromatic rings. The molecule has 3 amide bonds. The maximum Gasteiger partial charge on any atom is 0.312 e. The molecule has 156 valence electrons. The Kier molecular flexibility index (Phi) is 5.79. The molecule has 2 aliphatic heterocycles. The number of nitrogens with zero attached hydrogens (tertiary/aromatic N) is 3. The Morgan fingerprint density at radius 1 is 0.867 bits per heavy atom. The Balaban J connectivity index is 1.33. The minimum Gasteiger partial charge on any atom is -0.338 e. The number of amides is 3. The monoisotopic (exact) mass is 409 g/mol. The summed E-state index contributed by atoms with van der Waals surface area (Å²) in [6.07, 6.45) is 1.32. The fraction of sp³-hybridized carbons (Fsp3) is 0.348. The van der Waals surface area contributed by atoms with Crippen LogP contribution in [0.25, 0.3) is 0 Å². The summed E-state index contributed by atoms with van der Waals surface area (Å²) < 4.78 is 13.1. The first kappa shape index (κ1) is 20.1. The molecule has 2 fully saturated rings. The van der Waals surface area contributed by atoms with Crippen molar-refractivity contribution in [2.45, 2.75) is 25.4 Å². The van der Waals surface area contributed by atoms with E-state index in [-0.39, 0.29) is 17.8 Å². The van der Waals surface area contributed by atoms with Crippen LogP contribution in [0, 0.1) is 5.82 Å². The van der Waals surface area contributed by atoms with E-state index in [9.17, 15) is 18.8 Å². The lowest BCUT2D eigenvalue weighted by molar-refractivity contribution is -0.158. The molecule has 2 heterocycles. The molecule has 30 heavy (non-hydrogen) atoms. The highest BCUT2D eigenvalue weighted by Crippen LogP contribution is 2.22. The molecule has 7 heteroatoms. The van der Waals surface area contributed by atoms with E-state index in [1.165, 1.54) is 17.0 Å². The Bertz CT molecular complexity index is 924. The van der Waals surface area contributed by atoms with Gasteiger partial charge in [-0.2, -0.15) is 0 Å². The lowest BCUT2D eigenvalue weighted by atomic mass is 10.0. The van der Waals surface area contributed by atoms with Crippen molar-refractivity contribution in [3.8, 4) is 0 Å². The molecule has 0 saturated carbocycles. The second-order valence-electron chi connectivity index (χ2n) is 7.74. The van der Waals surface area contributed by atoms with Crippen LogP contribution in [-0.4, -0.2) is 64.6 Å². The van der Waals surface area contributed by atoms with E-state index < -0.39 is 11.8 Å². The molecule has 2 aliphatic rings. The minimum absolute atomic E-state index is 0.000528. The number of piperidine rings is 1. The Hall–Kier alpha value is -3.22. The highest BCUT2D eigenvalue weighted by atomic mass is 19.1. The van der Waals surface area contributed by atoms with Crippen molar-refractivity contribution in [2.75, 3.05) is 26.2 Å². The molecule has 4 rings (SSSR count). The first-order chi connectivity index (χ1) is 14.5. The van der Waals surface area contributed by atoms with Gasteiger partial charge in [0.2, 0.25) is 0 Å². The van der Waals surface area contributed by atoms with Gasteiger partial charge < -0.3 is 14.7 Å². The number of hydrogen-bond acceptors (Lipinski definition) is 3. The second kappa shape index (κ2) is 8.65. The standard InChI is InChI=1S/C23H24FN3O3/c24-19-8-6-17(7-9-19)16-26-14-15-27(23(30)22(26)29)20-10-12-25(13-11-20)21(28)18-4-2-1-3-5-18/h1-9,20H,10-16H2. The average molecular weight is 409 g/mol. The first-order valence-corrected chi connectivity index (χ1v) is 10.2. The van der Waals surface area contributed by atoms with Crippen LogP contribution >= 0.6 is 0 Å². The van der Waals surface area contributed by atoms with Gasteiger partial charge in [0.15, 0.2) is 0 Å². The van der Waals surface area contributed by atoms with E-state index in [0.29, 0.717) is 51.1 Å². The number of halogens is 1.